The van der Waals surface area contributed by atoms with Crippen molar-refractivity contribution in [2.75, 3.05) is 6.54 Å². The third-order valence-electron chi connectivity index (χ3n) is 3.94. The summed E-state index contributed by atoms with van der Waals surface area (Å²) in [5, 5.41) is 14.4. The maximum absolute atomic E-state index is 10.2. The van der Waals surface area contributed by atoms with Crippen LogP contribution in [0, 0.1) is 0 Å². The molecule has 2 atom stereocenters. The molecular weight excluding hydrogens is 252 g/mol. The van der Waals surface area contributed by atoms with Crippen LogP contribution in [0.4, 0.5) is 0 Å². The first-order valence-electron chi connectivity index (χ1n) is 7.01. The number of hydrogen-bond donors (Lipinski definition) is 1. The first-order valence-corrected chi connectivity index (χ1v) is 7.01. The van der Waals surface area contributed by atoms with Crippen LogP contribution in [0.5, 0.6) is 0 Å². The van der Waals surface area contributed by atoms with Gasteiger partial charge in [-0.15, -0.1) is 0 Å². The molecule has 0 aliphatic carbocycles. The summed E-state index contributed by atoms with van der Waals surface area (Å²) < 4.78 is 1.82. The highest BCUT2D eigenvalue weighted by atomic mass is 16.3. The fourth-order valence-electron chi connectivity index (χ4n) is 2.91. The number of aryl methyl sites for hydroxylation is 1. The standard InChI is InChI=1S/C15H20N4O/c1-18-10-13(9-17-18)11-19-6-4-15(20)14(19)7-12-3-2-5-16-8-12/h2-3,5,8-10,14-15,20H,4,6-7,11H2,1H3/t14-,15+/m0/s1. The Hall–Kier alpha value is -1.72. The molecule has 2 aromatic rings. The van der Waals surface area contributed by atoms with Gasteiger partial charge in [-0.05, 0) is 24.5 Å². The maximum atomic E-state index is 10.2. The van der Waals surface area contributed by atoms with Crippen LogP contribution < -0.4 is 0 Å². The summed E-state index contributed by atoms with van der Waals surface area (Å²) in [6.45, 7) is 1.77. The molecule has 5 nitrogen and oxygen atoms in total. The zero-order valence-corrected chi connectivity index (χ0v) is 11.7. The van der Waals surface area contributed by atoms with Gasteiger partial charge in [-0.25, -0.2) is 0 Å². The van der Waals surface area contributed by atoms with Crippen molar-refractivity contribution in [1.29, 1.82) is 0 Å². The monoisotopic (exact) mass is 272 g/mol. The molecular formula is C15H20N4O. The Morgan fingerprint density at radius 2 is 2.25 bits per heavy atom. The highest BCUT2D eigenvalue weighted by molar-refractivity contribution is 5.13. The first kappa shape index (κ1) is 13.3. The van der Waals surface area contributed by atoms with Crippen molar-refractivity contribution >= 4 is 0 Å². The number of aliphatic hydroxyl groups excluding tert-OH is 1. The SMILES string of the molecule is Cn1cc(CN2CC[C@@H](O)[C@@H]2Cc2cccnc2)cn1. The van der Waals surface area contributed by atoms with Gasteiger partial charge in [0.2, 0.25) is 0 Å². The first-order chi connectivity index (χ1) is 9.72. The molecule has 106 valence electrons. The molecule has 1 fully saturated rings. The van der Waals surface area contributed by atoms with Gasteiger partial charge in [-0.1, -0.05) is 6.07 Å². The third kappa shape index (κ3) is 2.89. The molecule has 1 aliphatic heterocycles. The largest absolute Gasteiger partial charge is 0.391 e. The van der Waals surface area contributed by atoms with E-state index in [4.69, 9.17) is 0 Å². The summed E-state index contributed by atoms with van der Waals surface area (Å²) in [5.74, 6) is 0. The minimum atomic E-state index is -0.258. The van der Waals surface area contributed by atoms with E-state index in [2.05, 4.69) is 21.0 Å². The van der Waals surface area contributed by atoms with E-state index in [-0.39, 0.29) is 12.1 Å². The zero-order valence-electron chi connectivity index (χ0n) is 11.7. The van der Waals surface area contributed by atoms with Crippen molar-refractivity contribution < 1.29 is 5.11 Å². The summed E-state index contributed by atoms with van der Waals surface area (Å²) in [6.07, 6.45) is 9.01. The Labute approximate surface area is 118 Å². The zero-order chi connectivity index (χ0) is 13.9. The van der Waals surface area contributed by atoms with E-state index < -0.39 is 0 Å². The second-order valence-corrected chi connectivity index (χ2v) is 5.48. The smallest absolute Gasteiger partial charge is 0.0710 e. The predicted molar refractivity (Wildman–Crippen MR) is 76.0 cm³/mol. The van der Waals surface area contributed by atoms with Gasteiger partial charge >= 0.3 is 0 Å². The van der Waals surface area contributed by atoms with Gasteiger partial charge in [0.15, 0.2) is 0 Å². The van der Waals surface area contributed by atoms with E-state index in [1.807, 2.05) is 36.4 Å². The van der Waals surface area contributed by atoms with Gasteiger partial charge in [0.1, 0.15) is 0 Å². The molecule has 1 N–H and O–H groups in total. The lowest BCUT2D eigenvalue weighted by Gasteiger charge is -2.25. The number of pyridine rings is 1. The Morgan fingerprint density at radius 1 is 1.35 bits per heavy atom. The van der Waals surface area contributed by atoms with Gasteiger partial charge in [0.25, 0.3) is 0 Å². The van der Waals surface area contributed by atoms with Gasteiger partial charge < -0.3 is 5.11 Å². The van der Waals surface area contributed by atoms with Crippen LogP contribution in [0.1, 0.15) is 17.5 Å². The van der Waals surface area contributed by atoms with Crippen molar-refractivity contribution in [3.63, 3.8) is 0 Å². The Morgan fingerprint density at radius 3 is 2.95 bits per heavy atom. The summed E-state index contributed by atoms with van der Waals surface area (Å²) in [5.41, 5.74) is 2.37. The van der Waals surface area contributed by atoms with Crippen LogP contribution in [0.3, 0.4) is 0 Å². The molecule has 5 heteroatoms. The molecule has 0 bridgehead atoms. The number of aliphatic hydroxyl groups is 1. The molecule has 20 heavy (non-hydrogen) atoms. The van der Waals surface area contributed by atoms with Crippen molar-refractivity contribution in [1.82, 2.24) is 19.7 Å². The predicted octanol–water partition coefficient (Wildman–Crippen LogP) is 0.993. The van der Waals surface area contributed by atoms with E-state index in [1.165, 1.54) is 11.1 Å². The van der Waals surface area contributed by atoms with Crippen LogP contribution in [-0.4, -0.2) is 43.5 Å². The van der Waals surface area contributed by atoms with Crippen LogP contribution >= 0.6 is 0 Å². The number of hydrogen-bond acceptors (Lipinski definition) is 4. The number of likely N-dealkylation sites (tertiary alicyclic amines) is 1. The molecule has 2 aromatic heterocycles. The summed E-state index contributed by atoms with van der Waals surface area (Å²) in [6, 6.07) is 4.18. The highest BCUT2D eigenvalue weighted by Crippen LogP contribution is 2.23. The number of rotatable bonds is 4. The Balaban J connectivity index is 1.70. The minimum Gasteiger partial charge on any atom is -0.391 e. The topological polar surface area (TPSA) is 54.2 Å². The molecule has 0 saturated carbocycles. The second-order valence-electron chi connectivity index (χ2n) is 5.48. The van der Waals surface area contributed by atoms with E-state index in [1.54, 1.807) is 6.20 Å². The van der Waals surface area contributed by atoms with E-state index in [0.29, 0.717) is 0 Å². The molecule has 3 heterocycles. The Bertz CT molecular complexity index is 554. The third-order valence-corrected chi connectivity index (χ3v) is 3.94. The molecule has 0 spiro atoms. The van der Waals surface area contributed by atoms with Crippen molar-refractivity contribution in [2.45, 2.75) is 31.5 Å². The number of nitrogens with zero attached hydrogens (tertiary/aromatic N) is 4. The minimum absolute atomic E-state index is 0.166. The molecule has 0 unspecified atom stereocenters. The fourth-order valence-corrected chi connectivity index (χ4v) is 2.91. The lowest BCUT2D eigenvalue weighted by Crippen LogP contribution is -2.36. The van der Waals surface area contributed by atoms with Crippen molar-refractivity contribution in [3.8, 4) is 0 Å². The second kappa shape index (κ2) is 5.73. The van der Waals surface area contributed by atoms with Crippen LogP contribution in [0.2, 0.25) is 0 Å². The summed E-state index contributed by atoms with van der Waals surface area (Å²) in [4.78, 5) is 6.49. The molecule has 0 radical (unpaired) electrons. The lowest BCUT2D eigenvalue weighted by molar-refractivity contribution is 0.112. The van der Waals surface area contributed by atoms with E-state index in [0.717, 1.165) is 25.9 Å². The van der Waals surface area contributed by atoms with Crippen molar-refractivity contribution in [3.05, 3.63) is 48.0 Å². The van der Waals surface area contributed by atoms with Crippen molar-refractivity contribution in [2.24, 2.45) is 7.05 Å². The molecule has 0 amide bonds. The number of aromatic nitrogens is 3. The van der Waals surface area contributed by atoms with Gasteiger partial charge in [-0.2, -0.15) is 5.10 Å². The average Bonchev–Trinajstić information content (AvgIpc) is 3.01. The van der Waals surface area contributed by atoms with E-state index in [9.17, 15) is 5.11 Å². The molecule has 1 aliphatic rings. The molecule has 0 aromatic carbocycles. The maximum Gasteiger partial charge on any atom is 0.0710 e. The van der Waals surface area contributed by atoms with Crippen LogP contribution in [0.15, 0.2) is 36.9 Å². The molecule has 1 saturated heterocycles. The Kier molecular flexibility index (Phi) is 3.80. The molecule has 3 rings (SSSR count). The average molecular weight is 272 g/mol. The van der Waals surface area contributed by atoms with Gasteiger partial charge in [-0.3, -0.25) is 14.6 Å². The van der Waals surface area contributed by atoms with Gasteiger partial charge in [0.05, 0.1) is 12.3 Å². The normalized spacial score (nSPS) is 23.3. The van der Waals surface area contributed by atoms with Crippen LogP contribution in [-0.2, 0) is 20.0 Å². The lowest BCUT2D eigenvalue weighted by atomic mass is 10.0. The summed E-state index contributed by atoms with van der Waals surface area (Å²) >= 11 is 0. The summed E-state index contributed by atoms with van der Waals surface area (Å²) in [7, 11) is 1.93. The quantitative estimate of drug-likeness (QED) is 0.902. The van der Waals surface area contributed by atoms with E-state index >= 15 is 0 Å². The van der Waals surface area contributed by atoms with Gasteiger partial charge in [0, 0.05) is 50.3 Å². The van der Waals surface area contributed by atoms with Crippen LogP contribution in [0.25, 0.3) is 0 Å². The highest BCUT2D eigenvalue weighted by Gasteiger charge is 2.32. The fraction of sp³-hybridized carbons (Fsp3) is 0.467.